The van der Waals surface area contributed by atoms with Crippen LogP contribution in [0, 0.1) is 0 Å². The van der Waals surface area contributed by atoms with Gasteiger partial charge >= 0.3 is 0 Å². The first kappa shape index (κ1) is 21.9. The quantitative estimate of drug-likeness (QED) is 0.507. The van der Waals surface area contributed by atoms with Gasteiger partial charge in [-0.3, -0.25) is 4.79 Å². The number of para-hydroxylation sites is 2. The minimum atomic E-state index is 0.0310. The normalized spacial score (nSPS) is 18.5. The molecular formula is C23H33N3O4+2. The number of carbonyl (C=O) groups is 1. The first-order chi connectivity index (χ1) is 14.7. The van der Waals surface area contributed by atoms with Crippen LogP contribution in [0.1, 0.15) is 6.92 Å². The van der Waals surface area contributed by atoms with Crippen LogP contribution in [0.4, 0.5) is 5.69 Å². The van der Waals surface area contributed by atoms with E-state index < -0.39 is 0 Å². The summed E-state index contributed by atoms with van der Waals surface area (Å²) in [5, 5.41) is 2.99. The van der Waals surface area contributed by atoms with Crippen molar-refractivity contribution in [3.8, 4) is 17.2 Å². The molecular weight excluding hydrogens is 382 g/mol. The van der Waals surface area contributed by atoms with E-state index in [-0.39, 0.29) is 5.91 Å². The number of benzene rings is 2. The fourth-order valence-corrected chi connectivity index (χ4v) is 3.64. The molecule has 0 bridgehead atoms. The van der Waals surface area contributed by atoms with Gasteiger partial charge in [-0.05, 0) is 43.3 Å². The van der Waals surface area contributed by atoms with E-state index >= 15 is 0 Å². The largest absolute Gasteiger partial charge is 0.497 e. The third-order valence-corrected chi connectivity index (χ3v) is 5.32. The average molecular weight is 416 g/mol. The van der Waals surface area contributed by atoms with E-state index in [2.05, 4.69) is 5.32 Å². The smallest absolute Gasteiger partial charge is 0.279 e. The molecule has 2 aromatic rings. The van der Waals surface area contributed by atoms with Gasteiger partial charge in [0.2, 0.25) is 0 Å². The van der Waals surface area contributed by atoms with Crippen LogP contribution in [0.2, 0.25) is 0 Å². The monoisotopic (exact) mass is 415 g/mol. The Kier molecular flexibility index (Phi) is 8.35. The van der Waals surface area contributed by atoms with Crippen LogP contribution >= 0.6 is 0 Å². The van der Waals surface area contributed by atoms with Crippen molar-refractivity contribution in [1.82, 2.24) is 0 Å². The molecule has 7 nitrogen and oxygen atoms in total. The lowest BCUT2D eigenvalue weighted by Gasteiger charge is -2.29. The number of rotatable bonds is 10. The Morgan fingerprint density at radius 1 is 0.933 bits per heavy atom. The number of anilines is 1. The summed E-state index contributed by atoms with van der Waals surface area (Å²) in [6.07, 6.45) is 0. The van der Waals surface area contributed by atoms with Gasteiger partial charge in [0.25, 0.3) is 5.91 Å². The molecule has 0 unspecified atom stereocenters. The molecule has 3 rings (SSSR count). The van der Waals surface area contributed by atoms with Crippen molar-refractivity contribution in [2.24, 2.45) is 0 Å². The first-order valence-corrected chi connectivity index (χ1v) is 10.6. The molecule has 3 N–H and O–H groups in total. The molecule has 1 fully saturated rings. The molecule has 0 aromatic heterocycles. The first-order valence-electron chi connectivity index (χ1n) is 10.6. The molecule has 1 amide bonds. The van der Waals surface area contributed by atoms with Gasteiger partial charge in [0.05, 0.1) is 19.4 Å². The number of hydrogen-bond donors (Lipinski definition) is 3. The summed E-state index contributed by atoms with van der Waals surface area (Å²) in [6, 6.07) is 15.2. The Morgan fingerprint density at radius 2 is 1.60 bits per heavy atom. The van der Waals surface area contributed by atoms with Crippen molar-refractivity contribution in [1.29, 1.82) is 0 Å². The Bertz CT molecular complexity index is 789. The molecule has 0 saturated carbocycles. The van der Waals surface area contributed by atoms with E-state index in [1.807, 2.05) is 55.5 Å². The van der Waals surface area contributed by atoms with Crippen molar-refractivity contribution in [3.63, 3.8) is 0 Å². The minimum Gasteiger partial charge on any atom is -0.497 e. The molecule has 7 heteroatoms. The van der Waals surface area contributed by atoms with E-state index in [1.54, 1.807) is 7.11 Å². The number of quaternary nitrogens is 2. The average Bonchev–Trinajstić information content (AvgIpc) is 2.77. The summed E-state index contributed by atoms with van der Waals surface area (Å²) in [6.45, 7) is 8.71. The van der Waals surface area contributed by atoms with Crippen LogP contribution in [0.25, 0.3) is 0 Å². The molecule has 0 spiro atoms. The summed E-state index contributed by atoms with van der Waals surface area (Å²) in [5.74, 6) is 2.44. The van der Waals surface area contributed by atoms with Crippen molar-refractivity contribution >= 4 is 11.6 Å². The zero-order chi connectivity index (χ0) is 21.2. The highest BCUT2D eigenvalue weighted by Crippen LogP contribution is 2.23. The van der Waals surface area contributed by atoms with E-state index in [9.17, 15) is 4.79 Å². The zero-order valence-electron chi connectivity index (χ0n) is 17.9. The van der Waals surface area contributed by atoms with E-state index in [1.165, 1.54) is 9.80 Å². The molecule has 2 aromatic carbocycles. The summed E-state index contributed by atoms with van der Waals surface area (Å²) < 4.78 is 16.6. The molecule has 1 aliphatic heterocycles. The highest BCUT2D eigenvalue weighted by atomic mass is 16.5. The van der Waals surface area contributed by atoms with Crippen molar-refractivity contribution in [3.05, 3.63) is 48.5 Å². The molecule has 1 heterocycles. The van der Waals surface area contributed by atoms with Crippen molar-refractivity contribution < 1.29 is 28.8 Å². The van der Waals surface area contributed by atoms with Gasteiger partial charge in [-0.15, -0.1) is 0 Å². The lowest BCUT2D eigenvalue weighted by Crippen LogP contribution is -3.28. The Hall–Kier alpha value is -2.77. The van der Waals surface area contributed by atoms with E-state index in [4.69, 9.17) is 14.2 Å². The second kappa shape index (κ2) is 11.4. The van der Waals surface area contributed by atoms with Crippen molar-refractivity contribution in [2.75, 3.05) is 64.9 Å². The van der Waals surface area contributed by atoms with Crippen LogP contribution in [0.5, 0.6) is 17.2 Å². The maximum Gasteiger partial charge on any atom is 0.279 e. The van der Waals surface area contributed by atoms with Gasteiger partial charge in [-0.2, -0.15) is 0 Å². The standard InChI is InChI=1S/C23H31N3O4/c1-3-29-22-7-5-4-6-21(22)24-23(27)18-26-14-12-25(13-15-26)16-17-30-20-10-8-19(28-2)9-11-20/h4-11H,3,12-18H2,1-2H3,(H,24,27)/p+2. The SMILES string of the molecule is CCOc1ccccc1NC(=O)C[NH+]1CC[NH+](CCOc2ccc(OC)cc2)CC1. The molecule has 0 atom stereocenters. The zero-order valence-corrected chi connectivity index (χ0v) is 17.9. The third kappa shape index (κ3) is 6.64. The summed E-state index contributed by atoms with van der Waals surface area (Å²) in [4.78, 5) is 15.3. The molecule has 1 saturated heterocycles. The second-order valence-corrected chi connectivity index (χ2v) is 7.43. The number of nitrogens with one attached hydrogen (secondary N) is 3. The number of amides is 1. The van der Waals surface area contributed by atoms with Crippen LogP contribution in [-0.2, 0) is 4.79 Å². The van der Waals surface area contributed by atoms with Gasteiger partial charge < -0.3 is 29.3 Å². The fraction of sp³-hybridized carbons (Fsp3) is 0.435. The third-order valence-electron chi connectivity index (χ3n) is 5.32. The molecule has 162 valence electrons. The highest BCUT2D eigenvalue weighted by molar-refractivity contribution is 5.92. The van der Waals surface area contributed by atoms with Gasteiger partial charge in [-0.25, -0.2) is 0 Å². The van der Waals surface area contributed by atoms with Crippen LogP contribution in [-0.4, -0.2) is 65.5 Å². The predicted octanol–water partition coefficient (Wildman–Crippen LogP) is -0.105. The topological polar surface area (TPSA) is 65.7 Å². The Balaban J connectivity index is 1.35. The van der Waals surface area contributed by atoms with Crippen molar-refractivity contribution in [2.45, 2.75) is 6.92 Å². The minimum absolute atomic E-state index is 0.0310. The lowest BCUT2D eigenvalue weighted by molar-refractivity contribution is -1.01. The lowest BCUT2D eigenvalue weighted by atomic mass is 10.2. The number of hydrogen-bond acceptors (Lipinski definition) is 4. The predicted molar refractivity (Wildman–Crippen MR) is 116 cm³/mol. The highest BCUT2D eigenvalue weighted by Gasteiger charge is 2.25. The molecule has 30 heavy (non-hydrogen) atoms. The summed E-state index contributed by atoms with van der Waals surface area (Å²) >= 11 is 0. The Labute approximate surface area is 178 Å². The number of carbonyl (C=O) groups excluding carboxylic acids is 1. The van der Waals surface area contributed by atoms with Crippen LogP contribution in [0.15, 0.2) is 48.5 Å². The molecule has 1 aliphatic rings. The van der Waals surface area contributed by atoms with E-state index in [0.717, 1.165) is 55.7 Å². The summed E-state index contributed by atoms with van der Waals surface area (Å²) in [7, 11) is 1.66. The molecule has 0 radical (unpaired) electrons. The second-order valence-electron chi connectivity index (χ2n) is 7.43. The maximum atomic E-state index is 12.5. The fourth-order valence-electron chi connectivity index (χ4n) is 3.64. The van der Waals surface area contributed by atoms with Gasteiger partial charge in [0.1, 0.15) is 56.6 Å². The van der Waals surface area contributed by atoms with E-state index in [0.29, 0.717) is 19.8 Å². The maximum absolute atomic E-state index is 12.5. The molecule has 0 aliphatic carbocycles. The van der Waals surface area contributed by atoms with Gasteiger partial charge in [-0.1, -0.05) is 12.1 Å². The Morgan fingerprint density at radius 3 is 2.30 bits per heavy atom. The van der Waals surface area contributed by atoms with Crippen LogP contribution in [0.3, 0.4) is 0 Å². The number of piperazine rings is 1. The van der Waals surface area contributed by atoms with Gasteiger partial charge in [0, 0.05) is 0 Å². The summed E-state index contributed by atoms with van der Waals surface area (Å²) in [5.41, 5.74) is 0.740. The van der Waals surface area contributed by atoms with Gasteiger partial charge in [0.15, 0.2) is 6.54 Å². The number of ether oxygens (including phenoxy) is 3. The van der Waals surface area contributed by atoms with Crippen LogP contribution < -0.4 is 29.3 Å². The number of methoxy groups -OCH3 is 1.